The van der Waals surface area contributed by atoms with Crippen LogP contribution in [0.15, 0.2) is 36.5 Å². The predicted octanol–water partition coefficient (Wildman–Crippen LogP) is 2.03. The van der Waals surface area contributed by atoms with Gasteiger partial charge in [0.15, 0.2) is 0 Å². The van der Waals surface area contributed by atoms with Crippen molar-refractivity contribution in [2.45, 2.75) is 13.8 Å². The van der Waals surface area contributed by atoms with Gasteiger partial charge >= 0.3 is 0 Å². The van der Waals surface area contributed by atoms with Crippen LogP contribution < -0.4 is 20.5 Å². The highest BCUT2D eigenvalue weighted by Gasteiger charge is 2.24. The number of H-pyrrole nitrogens is 1. The highest BCUT2D eigenvalue weighted by molar-refractivity contribution is 5.56. The Balaban J connectivity index is 1.70. The zero-order valence-corrected chi connectivity index (χ0v) is 12.8. The second-order valence-electron chi connectivity index (χ2n) is 5.77. The van der Waals surface area contributed by atoms with Gasteiger partial charge in [-0.25, -0.2) is 4.98 Å². The van der Waals surface area contributed by atoms with Gasteiger partial charge in [-0.15, -0.1) is 0 Å². The number of nitrogens with one attached hydrogen (secondary N) is 1. The van der Waals surface area contributed by atoms with Crippen LogP contribution in [0.2, 0.25) is 0 Å². The fourth-order valence-electron chi connectivity index (χ4n) is 2.87. The van der Waals surface area contributed by atoms with Crippen LogP contribution in [0.4, 0.5) is 17.2 Å². The molecule has 0 radical (unpaired) electrons. The first kappa shape index (κ1) is 13.7. The standard InChI is InChI=1S/C17H22N4/c1-13-3-4-14(2)16(11-13)20-7-9-21(10-8-20)17-6-5-15(18)12-19-17/h3-6,11-12H,7-10,18H2,1-2H3/p+1. The summed E-state index contributed by atoms with van der Waals surface area (Å²) < 4.78 is 0. The van der Waals surface area contributed by atoms with E-state index in [1.54, 1.807) is 0 Å². The normalized spacial score (nSPS) is 15.3. The quantitative estimate of drug-likeness (QED) is 0.917. The number of hydrogen-bond acceptors (Lipinski definition) is 3. The van der Waals surface area contributed by atoms with E-state index in [1.807, 2.05) is 12.3 Å². The molecule has 1 saturated heterocycles. The van der Waals surface area contributed by atoms with Gasteiger partial charge in [-0.3, -0.25) is 4.90 Å². The number of hydrogen-bond donors (Lipinski definition) is 1. The van der Waals surface area contributed by atoms with Gasteiger partial charge in [0.2, 0.25) is 0 Å². The Hall–Kier alpha value is -2.23. The Morgan fingerprint density at radius 3 is 2.33 bits per heavy atom. The average Bonchev–Trinajstić information content (AvgIpc) is 2.51. The third kappa shape index (κ3) is 2.94. The van der Waals surface area contributed by atoms with E-state index < -0.39 is 0 Å². The van der Waals surface area contributed by atoms with Gasteiger partial charge < -0.3 is 10.6 Å². The molecule has 4 nitrogen and oxygen atoms in total. The maximum Gasteiger partial charge on any atom is 0.274 e. The first-order valence-corrected chi connectivity index (χ1v) is 7.48. The Kier molecular flexibility index (Phi) is 3.69. The molecule has 4 heteroatoms. The Labute approximate surface area is 126 Å². The Bertz CT molecular complexity index is 613. The number of piperazine rings is 1. The van der Waals surface area contributed by atoms with E-state index in [0.717, 1.165) is 37.7 Å². The third-order valence-corrected chi connectivity index (χ3v) is 4.15. The van der Waals surface area contributed by atoms with E-state index in [4.69, 9.17) is 5.73 Å². The molecule has 2 heterocycles. The number of benzene rings is 1. The molecular weight excluding hydrogens is 260 g/mol. The number of aryl methyl sites for hydroxylation is 2. The molecule has 3 rings (SSSR count). The van der Waals surface area contributed by atoms with Crippen molar-refractivity contribution in [2.75, 3.05) is 41.7 Å². The van der Waals surface area contributed by atoms with Crippen LogP contribution in [0.1, 0.15) is 11.1 Å². The number of nitrogens with two attached hydrogens (primary N) is 1. The summed E-state index contributed by atoms with van der Waals surface area (Å²) in [5, 5.41) is 0. The first-order valence-electron chi connectivity index (χ1n) is 7.48. The minimum Gasteiger partial charge on any atom is -0.396 e. The van der Waals surface area contributed by atoms with Gasteiger partial charge in [0.25, 0.3) is 5.82 Å². The maximum absolute atomic E-state index is 5.73. The van der Waals surface area contributed by atoms with Crippen LogP contribution in [0.5, 0.6) is 0 Å². The van der Waals surface area contributed by atoms with Crippen molar-refractivity contribution in [2.24, 2.45) is 0 Å². The summed E-state index contributed by atoms with van der Waals surface area (Å²) in [5.74, 6) is 1.14. The van der Waals surface area contributed by atoms with Gasteiger partial charge in [-0.1, -0.05) is 12.1 Å². The van der Waals surface area contributed by atoms with Crippen molar-refractivity contribution >= 4 is 17.2 Å². The molecule has 0 aliphatic carbocycles. The summed E-state index contributed by atoms with van der Waals surface area (Å²) in [6.45, 7) is 8.48. The molecule has 2 aromatic rings. The van der Waals surface area contributed by atoms with Crippen LogP contribution in [0, 0.1) is 13.8 Å². The van der Waals surface area contributed by atoms with E-state index in [-0.39, 0.29) is 0 Å². The largest absolute Gasteiger partial charge is 0.396 e. The molecule has 0 unspecified atom stereocenters. The second kappa shape index (κ2) is 5.64. The lowest BCUT2D eigenvalue weighted by Crippen LogP contribution is -2.48. The highest BCUT2D eigenvalue weighted by atomic mass is 15.3. The van der Waals surface area contributed by atoms with Crippen molar-refractivity contribution in [3.05, 3.63) is 47.7 Å². The van der Waals surface area contributed by atoms with Crippen LogP contribution in [-0.4, -0.2) is 26.2 Å². The van der Waals surface area contributed by atoms with Crippen LogP contribution in [0.3, 0.4) is 0 Å². The molecule has 0 amide bonds. The third-order valence-electron chi connectivity index (χ3n) is 4.15. The summed E-state index contributed by atoms with van der Waals surface area (Å²) in [4.78, 5) is 8.12. The summed E-state index contributed by atoms with van der Waals surface area (Å²) in [6.07, 6.45) is 1.85. The minimum absolute atomic E-state index is 0.771. The van der Waals surface area contributed by atoms with Gasteiger partial charge in [-0.05, 0) is 37.1 Å². The molecule has 0 spiro atoms. The lowest BCUT2D eigenvalue weighted by Gasteiger charge is -2.33. The molecule has 0 atom stereocenters. The summed E-state index contributed by atoms with van der Waals surface area (Å²) in [5.41, 5.74) is 10.5. The zero-order chi connectivity index (χ0) is 14.8. The Morgan fingerprint density at radius 2 is 1.67 bits per heavy atom. The minimum atomic E-state index is 0.771. The number of anilines is 3. The van der Waals surface area contributed by atoms with E-state index >= 15 is 0 Å². The molecule has 3 N–H and O–H groups in total. The summed E-state index contributed by atoms with van der Waals surface area (Å²) >= 11 is 0. The SMILES string of the molecule is Cc1ccc(C)c(N2CCN(c3ccc(N)c[nH+]3)CC2)c1. The molecule has 1 fully saturated rings. The van der Waals surface area contributed by atoms with Crippen LogP contribution in [0.25, 0.3) is 0 Å². The van der Waals surface area contributed by atoms with Crippen molar-refractivity contribution in [1.82, 2.24) is 0 Å². The van der Waals surface area contributed by atoms with Gasteiger partial charge in [0.05, 0.1) is 18.8 Å². The van der Waals surface area contributed by atoms with E-state index in [2.05, 4.69) is 52.9 Å². The second-order valence-corrected chi connectivity index (χ2v) is 5.77. The molecule has 110 valence electrons. The molecule has 1 aliphatic rings. The number of aromatic nitrogens is 1. The predicted molar refractivity (Wildman–Crippen MR) is 87.8 cm³/mol. The lowest BCUT2D eigenvalue weighted by atomic mass is 10.1. The summed E-state index contributed by atoms with van der Waals surface area (Å²) in [6, 6.07) is 10.7. The fraction of sp³-hybridized carbons (Fsp3) is 0.353. The van der Waals surface area contributed by atoms with Crippen LogP contribution in [-0.2, 0) is 0 Å². The smallest absolute Gasteiger partial charge is 0.274 e. The number of rotatable bonds is 2. The molecule has 1 aromatic heterocycles. The molecular formula is C17H23N4+. The number of aromatic amines is 1. The molecule has 1 aliphatic heterocycles. The maximum atomic E-state index is 5.73. The van der Waals surface area contributed by atoms with Gasteiger partial charge in [0, 0.05) is 11.8 Å². The first-order chi connectivity index (χ1) is 10.1. The fourth-order valence-corrected chi connectivity index (χ4v) is 2.87. The van der Waals surface area contributed by atoms with Gasteiger partial charge in [-0.2, -0.15) is 0 Å². The zero-order valence-electron chi connectivity index (χ0n) is 12.8. The molecule has 21 heavy (non-hydrogen) atoms. The van der Waals surface area contributed by atoms with Crippen molar-refractivity contribution in [1.29, 1.82) is 0 Å². The van der Waals surface area contributed by atoms with Crippen molar-refractivity contribution in [3.63, 3.8) is 0 Å². The van der Waals surface area contributed by atoms with Crippen LogP contribution >= 0.6 is 0 Å². The summed E-state index contributed by atoms with van der Waals surface area (Å²) in [7, 11) is 0. The number of nitrogens with zero attached hydrogens (tertiary/aromatic N) is 2. The molecule has 0 saturated carbocycles. The van der Waals surface area contributed by atoms with Crippen molar-refractivity contribution < 1.29 is 4.98 Å². The van der Waals surface area contributed by atoms with E-state index in [9.17, 15) is 0 Å². The monoisotopic (exact) mass is 283 g/mol. The lowest BCUT2D eigenvalue weighted by molar-refractivity contribution is -0.363. The van der Waals surface area contributed by atoms with Crippen molar-refractivity contribution in [3.8, 4) is 0 Å². The molecule has 0 bridgehead atoms. The van der Waals surface area contributed by atoms with E-state index in [1.165, 1.54) is 16.8 Å². The molecule has 1 aromatic carbocycles. The topological polar surface area (TPSA) is 46.6 Å². The highest BCUT2D eigenvalue weighted by Crippen LogP contribution is 2.23. The average molecular weight is 283 g/mol. The Morgan fingerprint density at radius 1 is 0.952 bits per heavy atom. The number of pyridine rings is 1. The van der Waals surface area contributed by atoms with E-state index in [0.29, 0.717) is 0 Å². The van der Waals surface area contributed by atoms with Gasteiger partial charge in [0.1, 0.15) is 19.3 Å². The number of nitrogen functional groups attached to an aromatic ring is 1.